The minimum atomic E-state index is -2.03. The molecular formula is C23H21Cl3SiTi. The van der Waals surface area contributed by atoms with Crippen LogP contribution in [0.4, 0.5) is 0 Å². The van der Waals surface area contributed by atoms with Crippen molar-refractivity contribution in [3.8, 4) is 0 Å². The Hall–Kier alpha value is -0.929. The zero-order valence-electron chi connectivity index (χ0n) is 15.8. The molecule has 0 saturated heterocycles. The zero-order valence-corrected chi connectivity index (χ0v) is 20.6. The van der Waals surface area contributed by atoms with Crippen molar-refractivity contribution in [3.05, 3.63) is 96.6 Å². The summed E-state index contributed by atoms with van der Waals surface area (Å²) in [6.45, 7) is 4.76. The third-order valence-electron chi connectivity index (χ3n) is 5.20. The van der Waals surface area contributed by atoms with Gasteiger partial charge in [-0.1, -0.05) is 90.6 Å². The molecule has 4 aromatic rings. The van der Waals surface area contributed by atoms with Crippen molar-refractivity contribution in [2.45, 2.75) is 13.5 Å². The molecule has 28 heavy (non-hydrogen) atoms. The molecular weight excluding hydrogens is 459 g/mol. The molecule has 0 aliphatic rings. The van der Waals surface area contributed by atoms with Crippen molar-refractivity contribution in [2.24, 2.45) is 0 Å². The van der Waals surface area contributed by atoms with E-state index in [9.17, 15) is 0 Å². The quantitative estimate of drug-likeness (QED) is 0.248. The predicted molar refractivity (Wildman–Crippen MR) is 125 cm³/mol. The van der Waals surface area contributed by atoms with Crippen LogP contribution in [0.25, 0.3) is 10.8 Å². The summed E-state index contributed by atoms with van der Waals surface area (Å²) in [7, 11) is 12.9. The first-order valence-electron chi connectivity index (χ1n) is 9.04. The van der Waals surface area contributed by atoms with Crippen LogP contribution in [0.5, 0.6) is 0 Å². The Morgan fingerprint density at radius 1 is 0.714 bits per heavy atom. The first-order valence-corrected chi connectivity index (χ1v) is 18.0. The van der Waals surface area contributed by atoms with Gasteiger partial charge in [0.15, 0.2) is 0 Å². The number of hydrogen-bond donors (Lipinski definition) is 0. The summed E-state index contributed by atoms with van der Waals surface area (Å²) in [6, 6.07) is 33.3. The van der Waals surface area contributed by atoms with E-state index >= 15 is 0 Å². The van der Waals surface area contributed by atoms with Gasteiger partial charge in [0, 0.05) is 0 Å². The molecule has 142 valence electrons. The maximum absolute atomic E-state index is 4.97. The number of benzene rings is 3. The minimum absolute atomic E-state index is 1.36. The van der Waals surface area contributed by atoms with E-state index in [0.29, 0.717) is 0 Å². The normalized spacial score (nSPS) is 11.0. The molecule has 4 aromatic carbocycles. The first-order chi connectivity index (χ1) is 13.4. The Bertz CT molecular complexity index is 987. The summed E-state index contributed by atoms with van der Waals surface area (Å²) >= 11 is -1.92. The molecule has 0 heterocycles. The molecule has 5 heteroatoms. The van der Waals surface area contributed by atoms with E-state index in [-0.39, 0.29) is 0 Å². The molecule has 0 unspecified atom stereocenters. The molecule has 0 aliphatic heterocycles. The van der Waals surface area contributed by atoms with Crippen LogP contribution in [-0.2, 0) is 14.7 Å². The van der Waals surface area contributed by atoms with Crippen molar-refractivity contribution >= 4 is 62.3 Å². The second kappa shape index (κ2) is 9.71. The summed E-state index contributed by atoms with van der Waals surface area (Å²) in [5.41, 5.74) is 1.41. The molecule has 0 atom stereocenters. The maximum atomic E-state index is 4.97. The molecule has 0 aliphatic carbocycles. The van der Waals surface area contributed by atoms with Crippen LogP contribution >= 0.6 is 27.9 Å². The number of halogens is 3. The summed E-state index contributed by atoms with van der Waals surface area (Å²) < 4.78 is 0. The SMILES string of the molecule is Cc1cc2ccccc2[c-]1[Si](C)(c1ccccc1)c1ccccc1.[Cl][Ti+]([Cl])[Cl]. The van der Waals surface area contributed by atoms with Gasteiger partial charge in [0.05, 0.1) is 0 Å². The van der Waals surface area contributed by atoms with Crippen LogP contribution in [0.15, 0.2) is 91.0 Å². The van der Waals surface area contributed by atoms with Crippen molar-refractivity contribution in [1.29, 1.82) is 0 Å². The van der Waals surface area contributed by atoms with Gasteiger partial charge in [-0.05, 0) is 0 Å². The van der Waals surface area contributed by atoms with Gasteiger partial charge in [0.25, 0.3) is 0 Å². The number of hydrogen-bond acceptors (Lipinski definition) is 0. The fraction of sp³-hybridized carbons (Fsp3) is 0.0870. The second-order valence-electron chi connectivity index (χ2n) is 6.86. The van der Waals surface area contributed by atoms with E-state index in [1.165, 1.54) is 26.7 Å². The molecule has 0 spiro atoms. The standard InChI is InChI=1S/C23H21Si.3ClH.Ti/c1-18-17-19-11-9-10-16-22(19)23(18)24(2,20-12-5-3-6-13-20)21-14-7-4-8-15-21;;;;/h3-17H,1-2H3;3*1H;/q-1;;;;+4/p-3. The number of aryl methyl sites for hydroxylation is 1. The number of fused-ring (bicyclic) bond motifs is 1. The molecule has 0 aromatic heterocycles. The van der Waals surface area contributed by atoms with E-state index < -0.39 is 22.8 Å². The van der Waals surface area contributed by atoms with Crippen LogP contribution in [0, 0.1) is 6.92 Å². The Balaban J connectivity index is 0.000000516. The molecule has 0 saturated carbocycles. The monoisotopic (exact) mass is 478 g/mol. The molecule has 0 amide bonds. The van der Waals surface area contributed by atoms with E-state index in [1.807, 2.05) is 0 Å². The Morgan fingerprint density at radius 2 is 1.14 bits per heavy atom. The average molecular weight is 480 g/mol. The predicted octanol–water partition coefficient (Wildman–Crippen LogP) is 6.03. The third kappa shape index (κ3) is 4.62. The summed E-state index contributed by atoms with van der Waals surface area (Å²) in [6.07, 6.45) is 0. The van der Waals surface area contributed by atoms with Crippen molar-refractivity contribution in [3.63, 3.8) is 0 Å². The van der Waals surface area contributed by atoms with E-state index in [2.05, 4.69) is 104 Å². The van der Waals surface area contributed by atoms with E-state index in [0.717, 1.165) is 0 Å². The van der Waals surface area contributed by atoms with Gasteiger partial charge in [0.1, 0.15) is 8.07 Å². The van der Waals surface area contributed by atoms with Crippen molar-refractivity contribution < 1.29 is 14.7 Å². The van der Waals surface area contributed by atoms with Crippen LogP contribution < -0.4 is 15.6 Å². The summed E-state index contributed by atoms with van der Waals surface area (Å²) in [5, 5.41) is 7.26. The van der Waals surface area contributed by atoms with Gasteiger partial charge in [-0.25, -0.2) is 0 Å². The molecule has 4 rings (SSSR count). The second-order valence-corrected chi connectivity index (χ2v) is 18.5. The van der Waals surface area contributed by atoms with Gasteiger partial charge < -0.3 is 0 Å². The molecule has 0 bridgehead atoms. The average Bonchev–Trinajstić information content (AvgIpc) is 3.04. The van der Waals surface area contributed by atoms with Crippen molar-refractivity contribution in [2.75, 3.05) is 0 Å². The summed E-state index contributed by atoms with van der Waals surface area (Å²) in [4.78, 5) is 0. The van der Waals surface area contributed by atoms with Crippen LogP contribution in [0.3, 0.4) is 0 Å². The molecule has 0 N–H and O–H groups in total. The van der Waals surface area contributed by atoms with Crippen molar-refractivity contribution in [1.82, 2.24) is 0 Å². The summed E-state index contributed by atoms with van der Waals surface area (Å²) in [5.74, 6) is 0. The van der Waals surface area contributed by atoms with Gasteiger partial charge >= 0.3 is 42.6 Å². The molecule has 0 nitrogen and oxygen atoms in total. The van der Waals surface area contributed by atoms with Gasteiger partial charge in [0.2, 0.25) is 0 Å². The molecule has 0 fully saturated rings. The van der Waals surface area contributed by atoms with Crippen LogP contribution in [0.1, 0.15) is 5.56 Å². The topological polar surface area (TPSA) is 0 Å². The van der Waals surface area contributed by atoms with E-state index in [4.69, 9.17) is 27.9 Å². The van der Waals surface area contributed by atoms with Gasteiger partial charge in [-0.15, -0.1) is 39.7 Å². The number of rotatable bonds is 3. The fourth-order valence-corrected chi connectivity index (χ4v) is 8.29. The van der Waals surface area contributed by atoms with Gasteiger partial charge in [-0.2, -0.15) is 6.07 Å². The Labute approximate surface area is 185 Å². The van der Waals surface area contributed by atoms with E-state index in [1.54, 1.807) is 5.19 Å². The third-order valence-corrected chi connectivity index (χ3v) is 9.84. The zero-order chi connectivity index (χ0) is 20.1. The Kier molecular flexibility index (Phi) is 7.55. The molecule has 0 radical (unpaired) electrons. The Morgan fingerprint density at radius 3 is 1.64 bits per heavy atom. The fourth-order valence-electron chi connectivity index (χ4n) is 4.03. The van der Waals surface area contributed by atoms with Gasteiger partial charge in [-0.3, -0.25) is 0 Å². The van der Waals surface area contributed by atoms with Crippen LogP contribution in [0.2, 0.25) is 6.55 Å². The first kappa shape index (κ1) is 21.8. The van der Waals surface area contributed by atoms with Crippen LogP contribution in [-0.4, -0.2) is 8.07 Å².